The van der Waals surface area contributed by atoms with Crippen LogP contribution >= 0.6 is 0 Å². The number of hydrogen-bond acceptors (Lipinski definition) is 4. The van der Waals surface area contributed by atoms with Gasteiger partial charge in [0.1, 0.15) is 12.2 Å². The van der Waals surface area contributed by atoms with Gasteiger partial charge < -0.3 is 9.84 Å². The molecule has 2 unspecified atom stereocenters. The molecule has 1 heterocycles. The number of aromatic nitrogens is 3. The minimum Gasteiger partial charge on any atom is -0.387 e. The minimum absolute atomic E-state index is 0.0849. The van der Waals surface area contributed by atoms with Gasteiger partial charge in [0.2, 0.25) is 0 Å². The Balaban J connectivity index is 2.14. The molecule has 17 heavy (non-hydrogen) atoms. The van der Waals surface area contributed by atoms with Gasteiger partial charge in [-0.1, -0.05) is 12.8 Å². The van der Waals surface area contributed by atoms with Crippen molar-refractivity contribution in [3.63, 3.8) is 0 Å². The number of methoxy groups -OCH3 is 1. The zero-order chi connectivity index (χ0) is 12.3. The Kier molecular flexibility index (Phi) is 3.79. The average molecular weight is 239 g/mol. The van der Waals surface area contributed by atoms with Gasteiger partial charge in [-0.2, -0.15) is 5.10 Å². The Morgan fingerprint density at radius 3 is 3.12 bits per heavy atom. The fourth-order valence-electron chi connectivity index (χ4n) is 2.69. The molecule has 0 bridgehead atoms. The van der Waals surface area contributed by atoms with Crippen LogP contribution in [-0.2, 0) is 17.7 Å². The molecule has 0 aromatic carbocycles. The van der Waals surface area contributed by atoms with Crippen molar-refractivity contribution < 1.29 is 9.84 Å². The lowest BCUT2D eigenvalue weighted by Gasteiger charge is -2.38. The first-order valence-electron chi connectivity index (χ1n) is 6.31. The van der Waals surface area contributed by atoms with Crippen molar-refractivity contribution in [2.24, 2.45) is 0 Å². The van der Waals surface area contributed by atoms with Crippen molar-refractivity contribution in [1.29, 1.82) is 0 Å². The normalized spacial score (nSPS) is 29.5. The van der Waals surface area contributed by atoms with Crippen LogP contribution in [0.25, 0.3) is 0 Å². The van der Waals surface area contributed by atoms with Gasteiger partial charge in [-0.25, -0.2) is 4.98 Å². The lowest BCUT2D eigenvalue weighted by atomic mass is 9.79. The third kappa shape index (κ3) is 2.50. The maximum absolute atomic E-state index is 10.7. The molecule has 2 rings (SSSR count). The second-order valence-electron chi connectivity index (χ2n) is 4.74. The fourth-order valence-corrected chi connectivity index (χ4v) is 2.69. The van der Waals surface area contributed by atoms with E-state index in [9.17, 15) is 5.11 Å². The zero-order valence-electron chi connectivity index (χ0n) is 10.6. The molecule has 0 radical (unpaired) electrons. The molecule has 1 aliphatic rings. The smallest absolute Gasteiger partial charge is 0.138 e. The average Bonchev–Trinajstić information content (AvgIpc) is 2.76. The monoisotopic (exact) mass is 239 g/mol. The second kappa shape index (κ2) is 5.14. The topological polar surface area (TPSA) is 60.2 Å². The van der Waals surface area contributed by atoms with E-state index in [1.165, 1.54) is 0 Å². The van der Waals surface area contributed by atoms with Crippen LogP contribution < -0.4 is 0 Å². The Morgan fingerprint density at radius 1 is 1.59 bits per heavy atom. The van der Waals surface area contributed by atoms with E-state index in [-0.39, 0.29) is 6.10 Å². The van der Waals surface area contributed by atoms with Gasteiger partial charge >= 0.3 is 0 Å². The van der Waals surface area contributed by atoms with Gasteiger partial charge in [0.05, 0.1) is 11.7 Å². The molecular formula is C12H21N3O2. The largest absolute Gasteiger partial charge is 0.387 e. The summed E-state index contributed by atoms with van der Waals surface area (Å²) >= 11 is 0. The summed E-state index contributed by atoms with van der Waals surface area (Å²) in [4.78, 5) is 4.23. The zero-order valence-corrected chi connectivity index (χ0v) is 10.6. The van der Waals surface area contributed by atoms with Crippen LogP contribution in [0.2, 0.25) is 0 Å². The van der Waals surface area contributed by atoms with E-state index >= 15 is 0 Å². The van der Waals surface area contributed by atoms with Crippen molar-refractivity contribution in [2.45, 2.75) is 57.3 Å². The molecule has 1 aromatic heterocycles. The van der Waals surface area contributed by atoms with Gasteiger partial charge in [0, 0.05) is 20.1 Å². The molecular weight excluding hydrogens is 218 g/mol. The molecule has 5 heteroatoms. The van der Waals surface area contributed by atoms with E-state index in [0.717, 1.165) is 38.1 Å². The second-order valence-corrected chi connectivity index (χ2v) is 4.74. The molecule has 0 amide bonds. The number of nitrogens with zero attached hydrogens (tertiary/aromatic N) is 3. The maximum atomic E-state index is 10.7. The molecule has 96 valence electrons. The molecule has 0 aliphatic heterocycles. The van der Waals surface area contributed by atoms with Crippen LogP contribution in [0.1, 0.15) is 38.4 Å². The first kappa shape index (κ1) is 12.5. The molecule has 1 saturated carbocycles. The number of aryl methyl sites for hydroxylation is 1. The van der Waals surface area contributed by atoms with E-state index in [1.807, 2.05) is 11.6 Å². The molecule has 0 spiro atoms. The summed E-state index contributed by atoms with van der Waals surface area (Å²) in [7, 11) is 1.67. The lowest BCUT2D eigenvalue weighted by molar-refractivity contribution is -0.117. The Morgan fingerprint density at radius 2 is 2.41 bits per heavy atom. The quantitative estimate of drug-likeness (QED) is 0.856. The van der Waals surface area contributed by atoms with Crippen LogP contribution in [0.3, 0.4) is 0 Å². The van der Waals surface area contributed by atoms with E-state index < -0.39 is 5.60 Å². The minimum atomic E-state index is -0.785. The van der Waals surface area contributed by atoms with E-state index in [1.54, 1.807) is 13.4 Å². The first-order chi connectivity index (χ1) is 8.19. The summed E-state index contributed by atoms with van der Waals surface area (Å²) in [6.07, 6.45) is 5.87. The lowest BCUT2D eigenvalue weighted by Crippen LogP contribution is -2.48. The highest BCUT2D eigenvalue weighted by atomic mass is 16.5. The molecule has 2 atom stereocenters. The van der Waals surface area contributed by atoms with Gasteiger partial charge in [-0.3, -0.25) is 4.68 Å². The standard InChI is InChI=1S/C12H21N3O2/c1-3-15-11(13-9-14-15)8-12(16)7-5-4-6-10(12)17-2/h9-10,16H,3-8H2,1-2H3. The van der Waals surface area contributed by atoms with Gasteiger partial charge in [-0.05, 0) is 19.8 Å². The molecule has 1 fully saturated rings. The molecule has 0 saturated heterocycles. The highest BCUT2D eigenvalue weighted by molar-refractivity contribution is 5.00. The number of hydrogen-bond donors (Lipinski definition) is 1. The van der Waals surface area contributed by atoms with Crippen LogP contribution in [0.4, 0.5) is 0 Å². The summed E-state index contributed by atoms with van der Waals surface area (Å²) < 4.78 is 7.25. The summed E-state index contributed by atoms with van der Waals surface area (Å²) in [5.74, 6) is 0.846. The number of aliphatic hydroxyl groups is 1. The van der Waals surface area contributed by atoms with Crippen molar-refractivity contribution in [1.82, 2.24) is 14.8 Å². The van der Waals surface area contributed by atoms with Gasteiger partial charge in [-0.15, -0.1) is 0 Å². The van der Waals surface area contributed by atoms with Crippen LogP contribution in [0.5, 0.6) is 0 Å². The fraction of sp³-hybridized carbons (Fsp3) is 0.833. The highest BCUT2D eigenvalue weighted by Crippen LogP contribution is 2.32. The predicted octanol–water partition coefficient (Wildman–Crippen LogP) is 1.16. The summed E-state index contributed by atoms with van der Waals surface area (Å²) in [5.41, 5.74) is -0.785. The van der Waals surface area contributed by atoms with Crippen LogP contribution in [0.15, 0.2) is 6.33 Å². The first-order valence-corrected chi connectivity index (χ1v) is 6.31. The number of rotatable bonds is 4. The van der Waals surface area contributed by atoms with E-state index in [0.29, 0.717) is 6.42 Å². The number of ether oxygens (including phenoxy) is 1. The highest BCUT2D eigenvalue weighted by Gasteiger charge is 2.40. The van der Waals surface area contributed by atoms with Gasteiger partial charge in [0.15, 0.2) is 0 Å². The maximum Gasteiger partial charge on any atom is 0.138 e. The Hall–Kier alpha value is -0.940. The molecule has 1 N–H and O–H groups in total. The molecule has 5 nitrogen and oxygen atoms in total. The SMILES string of the molecule is CCn1ncnc1CC1(O)CCCCC1OC. The van der Waals surface area contributed by atoms with Crippen molar-refractivity contribution in [3.05, 3.63) is 12.2 Å². The van der Waals surface area contributed by atoms with Crippen LogP contribution in [0, 0.1) is 0 Å². The van der Waals surface area contributed by atoms with Crippen molar-refractivity contribution >= 4 is 0 Å². The molecule has 1 aliphatic carbocycles. The van der Waals surface area contributed by atoms with Crippen LogP contribution in [-0.4, -0.2) is 38.7 Å². The van der Waals surface area contributed by atoms with E-state index in [4.69, 9.17) is 4.74 Å². The summed E-state index contributed by atoms with van der Waals surface area (Å²) in [6, 6.07) is 0. The van der Waals surface area contributed by atoms with Crippen molar-refractivity contribution in [3.8, 4) is 0 Å². The van der Waals surface area contributed by atoms with E-state index in [2.05, 4.69) is 10.1 Å². The Bertz CT molecular complexity index is 366. The summed E-state index contributed by atoms with van der Waals surface area (Å²) in [6.45, 7) is 2.81. The third-order valence-electron chi connectivity index (χ3n) is 3.67. The Labute approximate surface area is 102 Å². The predicted molar refractivity (Wildman–Crippen MR) is 63.6 cm³/mol. The summed E-state index contributed by atoms with van der Waals surface area (Å²) in [5, 5.41) is 14.9. The molecule has 1 aromatic rings. The third-order valence-corrected chi connectivity index (χ3v) is 3.67. The van der Waals surface area contributed by atoms with Gasteiger partial charge in [0.25, 0.3) is 0 Å². The van der Waals surface area contributed by atoms with Crippen molar-refractivity contribution in [2.75, 3.05) is 7.11 Å².